The van der Waals surface area contributed by atoms with Crippen LogP contribution in [0.1, 0.15) is 34.6 Å². The van der Waals surface area contributed by atoms with Crippen LogP contribution in [0.2, 0.25) is 0 Å². The highest BCUT2D eigenvalue weighted by Crippen LogP contribution is 2.33. The Hall–Kier alpha value is -1.24. The fourth-order valence-corrected chi connectivity index (χ4v) is 4.93. The van der Waals surface area contributed by atoms with Gasteiger partial charge in [0.15, 0.2) is 0 Å². The van der Waals surface area contributed by atoms with E-state index in [1.54, 1.807) is 22.7 Å². The number of fused-ring (bicyclic) bond motifs is 1. The Morgan fingerprint density at radius 2 is 2.27 bits per heavy atom. The van der Waals surface area contributed by atoms with Gasteiger partial charge in [-0.05, 0) is 32.3 Å². The van der Waals surface area contributed by atoms with E-state index in [0.29, 0.717) is 13.2 Å². The molecular weight excluding hydrogens is 316 g/mol. The Morgan fingerprint density at radius 3 is 3.09 bits per heavy atom. The Labute approximate surface area is 137 Å². The van der Waals surface area contributed by atoms with E-state index in [4.69, 9.17) is 4.74 Å². The average Bonchev–Trinajstić information content (AvgIpc) is 3.25. The van der Waals surface area contributed by atoms with E-state index in [0.717, 1.165) is 40.4 Å². The SMILES string of the molecule is Cc1nc(-c2cc(C(=O)N3CCOC4CCCC43)cs2)cs1. The quantitative estimate of drug-likeness (QED) is 0.843. The van der Waals surface area contributed by atoms with Crippen LogP contribution in [0, 0.1) is 6.92 Å². The first-order chi connectivity index (χ1) is 10.7. The fraction of sp³-hybridized carbons (Fsp3) is 0.500. The van der Waals surface area contributed by atoms with Gasteiger partial charge in [-0.1, -0.05) is 0 Å². The molecule has 0 radical (unpaired) electrons. The number of carbonyl (C=O) groups excluding carboxylic acids is 1. The molecule has 2 atom stereocenters. The third-order valence-electron chi connectivity index (χ3n) is 4.46. The lowest BCUT2D eigenvalue weighted by molar-refractivity contribution is -0.0445. The van der Waals surface area contributed by atoms with Crippen molar-refractivity contribution in [1.29, 1.82) is 0 Å². The molecule has 116 valence electrons. The summed E-state index contributed by atoms with van der Waals surface area (Å²) in [6.45, 7) is 3.37. The number of amides is 1. The minimum atomic E-state index is 0.148. The summed E-state index contributed by atoms with van der Waals surface area (Å²) in [6, 6.07) is 2.26. The molecule has 4 nitrogen and oxygen atoms in total. The number of thiazole rings is 1. The van der Waals surface area contributed by atoms with Gasteiger partial charge in [0.25, 0.3) is 5.91 Å². The zero-order valence-corrected chi connectivity index (χ0v) is 14.1. The lowest BCUT2D eigenvalue weighted by atomic mass is 10.1. The zero-order chi connectivity index (χ0) is 15.1. The van der Waals surface area contributed by atoms with Crippen LogP contribution < -0.4 is 0 Å². The second kappa shape index (κ2) is 5.76. The molecule has 6 heteroatoms. The molecular formula is C16H18N2O2S2. The largest absolute Gasteiger partial charge is 0.374 e. The summed E-state index contributed by atoms with van der Waals surface area (Å²) in [7, 11) is 0. The number of carbonyl (C=O) groups is 1. The van der Waals surface area contributed by atoms with Crippen LogP contribution in [0.25, 0.3) is 10.6 Å². The maximum atomic E-state index is 12.9. The molecule has 0 bridgehead atoms. The number of aromatic nitrogens is 1. The Morgan fingerprint density at radius 1 is 1.36 bits per heavy atom. The minimum Gasteiger partial charge on any atom is -0.374 e. The normalized spacial score (nSPS) is 24.5. The van der Waals surface area contributed by atoms with Gasteiger partial charge in [0.1, 0.15) is 0 Å². The lowest BCUT2D eigenvalue weighted by Crippen LogP contribution is -2.51. The number of ether oxygens (including phenoxy) is 1. The van der Waals surface area contributed by atoms with E-state index in [1.165, 1.54) is 0 Å². The van der Waals surface area contributed by atoms with Gasteiger partial charge in [0.2, 0.25) is 0 Å². The highest BCUT2D eigenvalue weighted by Gasteiger charge is 2.38. The summed E-state index contributed by atoms with van der Waals surface area (Å²) < 4.78 is 5.80. The van der Waals surface area contributed by atoms with Gasteiger partial charge in [-0.15, -0.1) is 22.7 Å². The summed E-state index contributed by atoms with van der Waals surface area (Å²) in [5.41, 5.74) is 1.77. The molecule has 1 amide bonds. The number of nitrogens with zero attached hydrogens (tertiary/aromatic N) is 2. The van der Waals surface area contributed by atoms with Crippen molar-refractivity contribution in [2.24, 2.45) is 0 Å². The monoisotopic (exact) mass is 334 g/mol. The van der Waals surface area contributed by atoms with Crippen LogP contribution in [0.15, 0.2) is 16.8 Å². The molecule has 4 rings (SSSR count). The molecule has 0 N–H and O–H groups in total. The predicted octanol–water partition coefficient (Wildman–Crippen LogP) is 3.57. The number of rotatable bonds is 2. The van der Waals surface area contributed by atoms with Crippen LogP contribution in [0.4, 0.5) is 0 Å². The third kappa shape index (κ3) is 2.49. The molecule has 1 saturated carbocycles. The molecule has 3 heterocycles. The summed E-state index contributed by atoms with van der Waals surface area (Å²) >= 11 is 3.24. The van der Waals surface area contributed by atoms with Crippen molar-refractivity contribution in [3.8, 4) is 10.6 Å². The van der Waals surface area contributed by atoms with Crippen molar-refractivity contribution >= 4 is 28.6 Å². The van der Waals surface area contributed by atoms with Crippen LogP contribution >= 0.6 is 22.7 Å². The summed E-state index contributed by atoms with van der Waals surface area (Å²) in [6.07, 6.45) is 3.56. The number of hydrogen-bond acceptors (Lipinski definition) is 5. The molecule has 1 aliphatic carbocycles. The summed E-state index contributed by atoms with van der Waals surface area (Å²) in [5, 5.41) is 5.07. The number of morpholine rings is 1. The molecule has 2 fully saturated rings. The van der Waals surface area contributed by atoms with Gasteiger partial charge in [-0.3, -0.25) is 4.79 Å². The van der Waals surface area contributed by atoms with Crippen molar-refractivity contribution in [3.63, 3.8) is 0 Å². The smallest absolute Gasteiger partial charge is 0.255 e. The fourth-order valence-electron chi connectivity index (χ4n) is 3.40. The van der Waals surface area contributed by atoms with Crippen molar-refractivity contribution in [1.82, 2.24) is 9.88 Å². The maximum Gasteiger partial charge on any atom is 0.255 e. The van der Waals surface area contributed by atoms with Crippen molar-refractivity contribution in [3.05, 3.63) is 27.4 Å². The third-order valence-corrected chi connectivity index (χ3v) is 6.19. The van der Waals surface area contributed by atoms with Crippen LogP contribution in [0.5, 0.6) is 0 Å². The lowest BCUT2D eigenvalue weighted by Gasteiger charge is -2.37. The molecule has 22 heavy (non-hydrogen) atoms. The van der Waals surface area contributed by atoms with Gasteiger partial charge in [0.05, 0.1) is 39.9 Å². The number of hydrogen-bond donors (Lipinski definition) is 0. The molecule has 0 spiro atoms. The molecule has 1 aliphatic heterocycles. The highest BCUT2D eigenvalue weighted by molar-refractivity contribution is 7.14. The second-order valence-corrected chi connectivity index (χ2v) is 7.83. The Balaban J connectivity index is 1.56. The average molecular weight is 334 g/mol. The van der Waals surface area contributed by atoms with Gasteiger partial charge < -0.3 is 9.64 Å². The van der Waals surface area contributed by atoms with E-state index in [1.807, 2.05) is 23.3 Å². The Kier molecular flexibility index (Phi) is 3.76. The van der Waals surface area contributed by atoms with Crippen molar-refractivity contribution in [2.45, 2.75) is 38.3 Å². The predicted molar refractivity (Wildman–Crippen MR) is 88.6 cm³/mol. The maximum absolute atomic E-state index is 12.9. The molecule has 2 aromatic heterocycles. The summed E-state index contributed by atoms with van der Waals surface area (Å²) in [5.74, 6) is 0.148. The molecule has 2 unspecified atom stereocenters. The molecule has 2 aliphatic rings. The van der Waals surface area contributed by atoms with E-state index >= 15 is 0 Å². The van der Waals surface area contributed by atoms with E-state index < -0.39 is 0 Å². The number of thiophene rings is 1. The summed E-state index contributed by atoms with van der Waals surface area (Å²) in [4.78, 5) is 20.5. The van der Waals surface area contributed by atoms with Crippen molar-refractivity contribution in [2.75, 3.05) is 13.2 Å². The zero-order valence-electron chi connectivity index (χ0n) is 12.4. The van der Waals surface area contributed by atoms with E-state index in [2.05, 4.69) is 10.4 Å². The van der Waals surface area contributed by atoms with E-state index in [-0.39, 0.29) is 18.1 Å². The highest BCUT2D eigenvalue weighted by atomic mass is 32.1. The van der Waals surface area contributed by atoms with Crippen LogP contribution in [-0.4, -0.2) is 41.1 Å². The molecule has 2 aromatic rings. The first kappa shape index (κ1) is 14.4. The van der Waals surface area contributed by atoms with Crippen molar-refractivity contribution < 1.29 is 9.53 Å². The van der Waals surface area contributed by atoms with Gasteiger partial charge in [-0.25, -0.2) is 4.98 Å². The minimum absolute atomic E-state index is 0.148. The first-order valence-electron chi connectivity index (χ1n) is 7.66. The van der Waals surface area contributed by atoms with Gasteiger partial charge in [-0.2, -0.15) is 0 Å². The van der Waals surface area contributed by atoms with Crippen LogP contribution in [0.3, 0.4) is 0 Å². The van der Waals surface area contributed by atoms with Gasteiger partial charge in [0, 0.05) is 17.3 Å². The van der Waals surface area contributed by atoms with Crippen LogP contribution in [-0.2, 0) is 4.74 Å². The molecule has 1 saturated heterocycles. The van der Waals surface area contributed by atoms with E-state index in [9.17, 15) is 4.79 Å². The van der Waals surface area contributed by atoms with Gasteiger partial charge >= 0.3 is 0 Å². The first-order valence-corrected chi connectivity index (χ1v) is 9.42. The number of aryl methyl sites for hydroxylation is 1. The standard InChI is InChI=1S/C16H18N2O2S2/c1-10-17-12(9-21-10)15-7-11(8-22-15)16(19)18-5-6-20-14-4-2-3-13(14)18/h7-9,13-14H,2-6H2,1H3. The second-order valence-electron chi connectivity index (χ2n) is 5.86. The Bertz CT molecular complexity index is 694. The molecule has 0 aromatic carbocycles. The topological polar surface area (TPSA) is 42.4 Å².